The minimum atomic E-state index is -0.173. The molecule has 1 fully saturated rings. The maximum Gasteiger partial charge on any atom is 0.282 e. The van der Waals surface area contributed by atoms with Crippen molar-refractivity contribution >= 4 is 40.3 Å². The Labute approximate surface area is 220 Å². The topological polar surface area (TPSA) is 56.5 Å². The molecule has 0 saturated heterocycles. The largest absolute Gasteiger partial charge is 0.486 e. The number of fused-ring (bicyclic) bond motifs is 1. The molecule has 0 atom stereocenters. The lowest BCUT2D eigenvalue weighted by Crippen LogP contribution is -2.25. The summed E-state index contributed by atoms with van der Waals surface area (Å²) in [6.45, 7) is 2.40. The predicted octanol–water partition coefficient (Wildman–Crippen LogP) is 7.52. The third-order valence-electron chi connectivity index (χ3n) is 6.60. The van der Waals surface area contributed by atoms with Gasteiger partial charge in [-0.15, -0.1) is 0 Å². The van der Waals surface area contributed by atoms with Crippen LogP contribution in [0.2, 0.25) is 10.0 Å². The lowest BCUT2D eigenvalue weighted by Gasteiger charge is -2.22. The number of hydrogen-bond acceptors (Lipinski definition) is 4. The monoisotopic (exact) mass is 519 g/mol. The van der Waals surface area contributed by atoms with Crippen LogP contribution in [0.4, 0.5) is 0 Å². The molecule has 5 nitrogen and oxygen atoms in total. The van der Waals surface area contributed by atoms with Gasteiger partial charge in [-0.2, -0.15) is 9.78 Å². The van der Waals surface area contributed by atoms with Crippen LogP contribution in [-0.4, -0.2) is 15.9 Å². The van der Waals surface area contributed by atoms with Gasteiger partial charge in [-0.3, -0.25) is 4.79 Å². The maximum atomic E-state index is 13.4. The van der Waals surface area contributed by atoms with Crippen molar-refractivity contribution in [2.75, 3.05) is 0 Å². The Balaban J connectivity index is 1.45. The van der Waals surface area contributed by atoms with E-state index in [4.69, 9.17) is 32.9 Å². The normalized spacial score (nSPS) is 14.5. The van der Waals surface area contributed by atoms with Crippen molar-refractivity contribution in [2.45, 2.75) is 51.6 Å². The smallest absolute Gasteiger partial charge is 0.282 e. The molecule has 0 bridgehead atoms. The molecular weight excluding hydrogens is 493 g/mol. The fourth-order valence-electron chi connectivity index (χ4n) is 4.63. The standard InChI is InChI=1S/C29H27Cl2N3O2/c1-19-11-13-20(14-12-19)18-36-27-24(30)15-21(16-25(27)31)17-32-34-28(22-7-3-2-4-8-22)33-26-10-6-5-9-23(26)29(34)35/h5-6,9-17,22H,2-4,7-8,18H2,1H3. The zero-order valence-electron chi connectivity index (χ0n) is 20.1. The summed E-state index contributed by atoms with van der Waals surface area (Å²) < 4.78 is 7.35. The van der Waals surface area contributed by atoms with Crippen LogP contribution in [0.25, 0.3) is 10.9 Å². The van der Waals surface area contributed by atoms with Crippen molar-refractivity contribution in [3.63, 3.8) is 0 Å². The first kappa shape index (κ1) is 24.5. The SMILES string of the molecule is Cc1ccc(COc2c(Cl)cc(C=Nn3c(C4CCCCC4)nc4ccccc4c3=O)cc2Cl)cc1. The highest BCUT2D eigenvalue weighted by Gasteiger charge is 2.22. The Kier molecular flexibility index (Phi) is 7.40. The van der Waals surface area contributed by atoms with Gasteiger partial charge in [-0.05, 0) is 55.2 Å². The molecule has 0 amide bonds. The Morgan fingerprint density at radius 2 is 1.72 bits per heavy atom. The van der Waals surface area contributed by atoms with Crippen LogP contribution in [0.3, 0.4) is 0 Å². The van der Waals surface area contributed by atoms with Crippen molar-refractivity contribution in [1.29, 1.82) is 0 Å². The van der Waals surface area contributed by atoms with Gasteiger partial charge in [0, 0.05) is 5.92 Å². The second-order valence-electron chi connectivity index (χ2n) is 9.27. The fraction of sp³-hybridized carbons (Fsp3) is 0.276. The Hall–Kier alpha value is -3.15. The highest BCUT2D eigenvalue weighted by atomic mass is 35.5. The molecule has 0 aliphatic heterocycles. The van der Waals surface area contributed by atoms with E-state index in [1.54, 1.807) is 24.4 Å². The third kappa shape index (κ3) is 5.32. The van der Waals surface area contributed by atoms with Gasteiger partial charge in [-0.1, -0.05) is 84.4 Å². The van der Waals surface area contributed by atoms with E-state index >= 15 is 0 Å². The van der Waals surface area contributed by atoms with Crippen LogP contribution >= 0.6 is 23.2 Å². The lowest BCUT2D eigenvalue weighted by molar-refractivity contribution is 0.306. The average molecular weight is 520 g/mol. The molecule has 1 saturated carbocycles. The highest BCUT2D eigenvalue weighted by Crippen LogP contribution is 2.35. The number of halogens is 2. The molecule has 3 aromatic carbocycles. The van der Waals surface area contributed by atoms with Crippen molar-refractivity contribution < 1.29 is 4.74 Å². The van der Waals surface area contributed by atoms with Crippen molar-refractivity contribution in [2.24, 2.45) is 5.10 Å². The molecule has 1 aliphatic rings. The van der Waals surface area contributed by atoms with Crippen LogP contribution in [0, 0.1) is 6.92 Å². The summed E-state index contributed by atoms with van der Waals surface area (Å²) in [6, 6.07) is 19.0. The average Bonchev–Trinajstić information content (AvgIpc) is 2.89. The number of aryl methyl sites for hydroxylation is 1. The Morgan fingerprint density at radius 1 is 1.03 bits per heavy atom. The number of ether oxygens (including phenoxy) is 1. The molecule has 1 aliphatic carbocycles. The maximum absolute atomic E-state index is 13.4. The van der Waals surface area contributed by atoms with E-state index in [1.807, 2.05) is 49.4 Å². The van der Waals surface area contributed by atoms with E-state index in [1.165, 1.54) is 16.7 Å². The molecule has 0 spiro atoms. The molecule has 1 aromatic heterocycles. The molecule has 7 heteroatoms. The first-order valence-electron chi connectivity index (χ1n) is 12.2. The third-order valence-corrected chi connectivity index (χ3v) is 7.16. The van der Waals surface area contributed by atoms with Gasteiger partial charge in [0.2, 0.25) is 0 Å². The molecule has 5 rings (SSSR count). The molecule has 0 unspecified atom stereocenters. The molecule has 4 aromatic rings. The van der Waals surface area contributed by atoms with E-state index in [2.05, 4.69) is 5.10 Å². The van der Waals surface area contributed by atoms with Crippen molar-refractivity contribution in [3.8, 4) is 5.75 Å². The number of nitrogens with zero attached hydrogens (tertiary/aromatic N) is 3. The number of hydrogen-bond donors (Lipinski definition) is 0. The quantitative estimate of drug-likeness (QED) is 0.247. The zero-order valence-corrected chi connectivity index (χ0v) is 21.6. The second-order valence-corrected chi connectivity index (χ2v) is 10.1. The molecule has 184 valence electrons. The summed E-state index contributed by atoms with van der Waals surface area (Å²) in [4.78, 5) is 18.2. The van der Waals surface area contributed by atoms with E-state index < -0.39 is 0 Å². The molecule has 0 radical (unpaired) electrons. The minimum Gasteiger partial charge on any atom is -0.486 e. The van der Waals surface area contributed by atoms with E-state index in [0.717, 1.165) is 31.2 Å². The van der Waals surface area contributed by atoms with Crippen molar-refractivity contribution in [1.82, 2.24) is 9.66 Å². The Bertz CT molecular complexity index is 1450. The first-order valence-corrected chi connectivity index (χ1v) is 13.0. The van der Waals surface area contributed by atoms with Gasteiger partial charge >= 0.3 is 0 Å². The van der Waals surface area contributed by atoms with E-state index in [0.29, 0.717) is 44.7 Å². The van der Waals surface area contributed by atoms with Gasteiger partial charge in [0.25, 0.3) is 5.56 Å². The molecular formula is C29H27Cl2N3O2. The lowest BCUT2D eigenvalue weighted by atomic mass is 9.88. The highest BCUT2D eigenvalue weighted by molar-refractivity contribution is 6.37. The molecule has 1 heterocycles. The summed E-state index contributed by atoms with van der Waals surface area (Å²) in [5.41, 5.74) is 3.41. The minimum absolute atomic E-state index is 0.173. The number of aromatic nitrogens is 2. The fourth-order valence-corrected chi connectivity index (χ4v) is 5.25. The van der Waals surface area contributed by atoms with Crippen LogP contribution in [0.1, 0.15) is 60.5 Å². The first-order chi connectivity index (χ1) is 17.5. The second kappa shape index (κ2) is 10.9. The predicted molar refractivity (Wildman–Crippen MR) is 147 cm³/mol. The van der Waals surface area contributed by atoms with Crippen LogP contribution in [0.5, 0.6) is 5.75 Å². The van der Waals surface area contributed by atoms with Gasteiger partial charge in [0.05, 0.1) is 27.2 Å². The van der Waals surface area contributed by atoms with Gasteiger partial charge in [0.1, 0.15) is 12.4 Å². The summed E-state index contributed by atoms with van der Waals surface area (Å²) in [5.74, 6) is 1.34. The van der Waals surface area contributed by atoms with Gasteiger partial charge < -0.3 is 4.74 Å². The van der Waals surface area contributed by atoms with Crippen molar-refractivity contribution in [3.05, 3.63) is 104 Å². The van der Waals surface area contributed by atoms with Gasteiger partial charge in [-0.25, -0.2) is 4.98 Å². The summed E-state index contributed by atoms with van der Waals surface area (Å²) in [5, 5.41) is 5.88. The molecule has 0 N–H and O–H groups in total. The van der Waals surface area contributed by atoms with Crippen LogP contribution in [0.15, 0.2) is 70.6 Å². The molecule has 36 heavy (non-hydrogen) atoms. The number of para-hydroxylation sites is 1. The van der Waals surface area contributed by atoms with Crippen LogP contribution < -0.4 is 10.3 Å². The van der Waals surface area contributed by atoms with Gasteiger partial charge in [0.15, 0.2) is 5.75 Å². The van der Waals surface area contributed by atoms with Crippen LogP contribution in [-0.2, 0) is 6.61 Å². The Morgan fingerprint density at radius 3 is 2.44 bits per heavy atom. The van der Waals surface area contributed by atoms with E-state index in [9.17, 15) is 4.79 Å². The van der Waals surface area contributed by atoms with E-state index in [-0.39, 0.29) is 11.5 Å². The summed E-state index contributed by atoms with van der Waals surface area (Å²) >= 11 is 13.0. The number of benzene rings is 3. The number of rotatable bonds is 6. The summed E-state index contributed by atoms with van der Waals surface area (Å²) in [7, 11) is 0. The summed E-state index contributed by atoms with van der Waals surface area (Å²) in [6.07, 6.45) is 7.09. The zero-order chi connectivity index (χ0) is 25.1.